The van der Waals surface area contributed by atoms with Gasteiger partial charge in [0.2, 0.25) is 0 Å². The number of pyridine rings is 1. The van der Waals surface area contributed by atoms with Gasteiger partial charge in [0.1, 0.15) is 5.52 Å². The molecule has 5 nitrogen and oxygen atoms in total. The Labute approximate surface area is 84.1 Å². The van der Waals surface area contributed by atoms with Gasteiger partial charge in [-0.2, -0.15) is 0 Å². The predicted molar refractivity (Wildman–Crippen MR) is 58.0 cm³/mol. The predicted octanol–water partition coefficient (Wildman–Crippen LogP) is 0.592. The second-order valence-electron chi connectivity index (χ2n) is 3.35. The van der Waals surface area contributed by atoms with E-state index in [9.17, 15) is 4.79 Å². The second-order valence-corrected chi connectivity index (χ2v) is 3.35. The molecular weight excluding hydrogens is 192 g/mol. The molecule has 0 unspecified atom stereocenters. The molecule has 0 radical (unpaired) electrons. The Bertz CT molecular complexity index is 710. The lowest BCUT2D eigenvalue weighted by Gasteiger charge is -1.97. The molecule has 0 aliphatic heterocycles. The minimum Gasteiger partial charge on any atom is -0.335 e. The molecule has 2 heterocycles. The zero-order valence-corrected chi connectivity index (χ0v) is 7.77. The van der Waals surface area contributed by atoms with Gasteiger partial charge in [-0.25, -0.2) is 14.5 Å². The van der Waals surface area contributed by atoms with Crippen LogP contribution in [0.1, 0.15) is 0 Å². The number of aromatic amines is 1. The SMILES string of the molecule is Nn1c(=O)[nH]c2nc3ccccc3cc21. The molecule has 3 aromatic rings. The molecule has 0 bridgehead atoms. The van der Waals surface area contributed by atoms with E-state index in [4.69, 9.17) is 5.84 Å². The summed E-state index contributed by atoms with van der Waals surface area (Å²) in [6.07, 6.45) is 0. The zero-order valence-electron chi connectivity index (χ0n) is 7.77. The van der Waals surface area contributed by atoms with Gasteiger partial charge in [0, 0.05) is 5.39 Å². The fourth-order valence-electron chi connectivity index (χ4n) is 1.65. The number of benzene rings is 1. The normalized spacial score (nSPS) is 11.2. The van der Waals surface area contributed by atoms with Gasteiger partial charge >= 0.3 is 5.69 Å². The number of fused-ring (bicyclic) bond motifs is 2. The van der Waals surface area contributed by atoms with Gasteiger partial charge in [-0.3, -0.25) is 4.98 Å². The first-order valence-corrected chi connectivity index (χ1v) is 4.51. The number of imidazole rings is 1. The largest absolute Gasteiger partial charge is 0.346 e. The highest BCUT2D eigenvalue weighted by molar-refractivity contribution is 5.89. The number of hydrogen-bond acceptors (Lipinski definition) is 3. The molecule has 5 heteroatoms. The Kier molecular flexibility index (Phi) is 1.39. The van der Waals surface area contributed by atoms with Crippen LogP contribution in [0.4, 0.5) is 0 Å². The van der Waals surface area contributed by atoms with E-state index in [1.54, 1.807) is 0 Å². The molecule has 0 saturated heterocycles. The molecule has 3 rings (SSSR count). The minimum absolute atomic E-state index is 0.354. The van der Waals surface area contributed by atoms with E-state index in [1.807, 2.05) is 30.3 Å². The Morgan fingerprint density at radius 2 is 2.13 bits per heavy atom. The van der Waals surface area contributed by atoms with Crippen molar-refractivity contribution in [3.8, 4) is 0 Å². The number of rotatable bonds is 0. The van der Waals surface area contributed by atoms with Crippen LogP contribution < -0.4 is 11.5 Å². The van der Waals surface area contributed by atoms with Crippen LogP contribution in [0.3, 0.4) is 0 Å². The van der Waals surface area contributed by atoms with Crippen LogP contribution >= 0.6 is 0 Å². The van der Waals surface area contributed by atoms with Gasteiger partial charge in [-0.15, -0.1) is 0 Å². The molecular formula is C10H8N4O. The lowest BCUT2D eigenvalue weighted by molar-refractivity contribution is 0.967. The molecule has 0 aliphatic carbocycles. The van der Waals surface area contributed by atoms with E-state index in [1.165, 1.54) is 0 Å². The number of nitrogens with one attached hydrogen (secondary N) is 1. The topological polar surface area (TPSA) is 76.7 Å². The van der Waals surface area contributed by atoms with Crippen molar-refractivity contribution in [2.45, 2.75) is 0 Å². The molecule has 0 saturated carbocycles. The average Bonchev–Trinajstić information content (AvgIpc) is 2.52. The quantitative estimate of drug-likeness (QED) is 0.521. The maximum absolute atomic E-state index is 11.3. The molecule has 0 fully saturated rings. The van der Waals surface area contributed by atoms with Crippen molar-refractivity contribution in [2.75, 3.05) is 5.84 Å². The number of nitrogen functional groups attached to an aromatic ring is 1. The Morgan fingerprint density at radius 1 is 1.33 bits per heavy atom. The summed E-state index contributed by atoms with van der Waals surface area (Å²) in [4.78, 5) is 18.2. The van der Waals surface area contributed by atoms with Crippen molar-refractivity contribution in [3.05, 3.63) is 40.8 Å². The Balaban J connectivity index is 2.58. The van der Waals surface area contributed by atoms with Gasteiger partial charge in [0.25, 0.3) is 0 Å². The highest BCUT2D eigenvalue weighted by Gasteiger charge is 2.05. The number of aromatic nitrogens is 3. The van der Waals surface area contributed by atoms with Gasteiger partial charge in [0.15, 0.2) is 5.65 Å². The molecule has 15 heavy (non-hydrogen) atoms. The van der Waals surface area contributed by atoms with E-state index in [2.05, 4.69) is 9.97 Å². The van der Waals surface area contributed by atoms with E-state index in [0.717, 1.165) is 15.6 Å². The van der Waals surface area contributed by atoms with Crippen molar-refractivity contribution >= 4 is 22.1 Å². The molecule has 2 aromatic heterocycles. The van der Waals surface area contributed by atoms with Gasteiger partial charge < -0.3 is 5.84 Å². The third kappa shape index (κ3) is 1.03. The summed E-state index contributed by atoms with van der Waals surface area (Å²) in [5.74, 6) is 5.56. The number of para-hydroxylation sites is 1. The third-order valence-corrected chi connectivity index (χ3v) is 2.41. The Hall–Kier alpha value is -2.30. The van der Waals surface area contributed by atoms with Crippen LogP contribution in [0.5, 0.6) is 0 Å². The van der Waals surface area contributed by atoms with Crippen molar-refractivity contribution in [1.82, 2.24) is 14.6 Å². The molecule has 0 aliphatic rings. The van der Waals surface area contributed by atoms with Crippen LogP contribution in [-0.4, -0.2) is 14.6 Å². The number of hydrogen-bond donors (Lipinski definition) is 2. The number of nitrogens with zero attached hydrogens (tertiary/aromatic N) is 2. The molecule has 1 aromatic carbocycles. The molecule has 0 spiro atoms. The van der Waals surface area contributed by atoms with Crippen LogP contribution in [0.15, 0.2) is 35.1 Å². The summed E-state index contributed by atoms with van der Waals surface area (Å²) < 4.78 is 1.06. The fourth-order valence-corrected chi connectivity index (χ4v) is 1.65. The van der Waals surface area contributed by atoms with Crippen LogP contribution in [0, 0.1) is 0 Å². The molecule has 0 amide bonds. The number of H-pyrrole nitrogens is 1. The van der Waals surface area contributed by atoms with Crippen molar-refractivity contribution in [2.24, 2.45) is 0 Å². The average molecular weight is 200 g/mol. The Morgan fingerprint density at radius 3 is 3.00 bits per heavy atom. The summed E-state index contributed by atoms with van der Waals surface area (Å²) in [7, 11) is 0. The highest BCUT2D eigenvalue weighted by atomic mass is 16.1. The lowest BCUT2D eigenvalue weighted by Crippen LogP contribution is -2.23. The highest BCUT2D eigenvalue weighted by Crippen LogP contribution is 2.15. The summed E-state index contributed by atoms with van der Waals surface area (Å²) >= 11 is 0. The van der Waals surface area contributed by atoms with E-state index in [-0.39, 0.29) is 5.69 Å². The first kappa shape index (κ1) is 8.05. The summed E-state index contributed by atoms with van der Waals surface area (Å²) in [6, 6.07) is 9.48. The van der Waals surface area contributed by atoms with Crippen LogP contribution in [0.25, 0.3) is 22.1 Å². The molecule has 74 valence electrons. The zero-order chi connectivity index (χ0) is 10.4. The standard InChI is InChI=1S/C10H8N4O/c11-14-8-5-6-3-1-2-4-7(6)12-9(8)13-10(14)15/h1-5H,11H2,(H,12,13,15). The minimum atomic E-state index is -0.354. The maximum Gasteiger partial charge on any atom is 0.346 e. The van der Waals surface area contributed by atoms with Gasteiger partial charge in [0.05, 0.1) is 5.52 Å². The maximum atomic E-state index is 11.3. The summed E-state index contributed by atoms with van der Waals surface area (Å²) in [5, 5.41) is 0.961. The summed E-state index contributed by atoms with van der Waals surface area (Å²) in [5.41, 5.74) is 1.61. The van der Waals surface area contributed by atoms with Gasteiger partial charge in [-0.1, -0.05) is 18.2 Å². The van der Waals surface area contributed by atoms with Crippen LogP contribution in [-0.2, 0) is 0 Å². The smallest absolute Gasteiger partial charge is 0.335 e. The lowest BCUT2D eigenvalue weighted by atomic mass is 10.2. The van der Waals surface area contributed by atoms with E-state index >= 15 is 0 Å². The van der Waals surface area contributed by atoms with Crippen LogP contribution in [0.2, 0.25) is 0 Å². The summed E-state index contributed by atoms with van der Waals surface area (Å²) in [6.45, 7) is 0. The second kappa shape index (κ2) is 2.60. The first-order valence-electron chi connectivity index (χ1n) is 4.51. The van der Waals surface area contributed by atoms with E-state index in [0.29, 0.717) is 11.2 Å². The number of nitrogens with two attached hydrogens (primary N) is 1. The van der Waals surface area contributed by atoms with Crippen molar-refractivity contribution in [3.63, 3.8) is 0 Å². The third-order valence-electron chi connectivity index (χ3n) is 2.41. The van der Waals surface area contributed by atoms with Gasteiger partial charge in [-0.05, 0) is 12.1 Å². The van der Waals surface area contributed by atoms with Crippen molar-refractivity contribution in [1.29, 1.82) is 0 Å². The van der Waals surface area contributed by atoms with E-state index < -0.39 is 0 Å². The monoisotopic (exact) mass is 200 g/mol. The van der Waals surface area contributed by atoms with Crippen molar-refractivity contribution < 1.29 is 0 Å². The molecule has 0 atom stereocenters. The fraction of sp³-hybridized carbons (Fsp3) is 0. The molecule has 3 N–H and O–H groups in total. The first-order chi connectivity index (χ1) is 7.25.